The van der Waals surface area contributed by atoms with Gasteiger partial charge in [0.15, 0.2) is 0 Å². The zero-order valence-corrected chi connectivity index (χ0v) is 12.4. The van der Waals surface area contributed by atoms with Crippen LogP contribution in [0.5, 0.6) is 0 Å². The van der Waals surface area contributed by atoms with E-state index < -0.39 is 0 Å². The van der Waals surface area contributed by atoms with E-state index in [-0.39, 0.29) is 11.7 Å². The van der Waals surface area contributed by atoms with Crippen molar-refractivity contribution in [2.75, 3.05) is 6.54 Å². The minimum absolute atomic E-state index is 0.297. The Hall–Kier alpha value is -1.51. The summed E-state index contributed by atoms with van der Waals surface area (Å²) in [6, 6.07) is 10.3. The van der Waals surface area contributed by atoms with Crippen LogP contribution >= 0.6 is 0 Å². The molecular weight excluding hydrogens is 238 g/mol. The summed E-state index contributed by atoms with van der Waals surface area (Å²) in [5.74, 6) is 0.706. The average molecular weight is 263 g/mol. The number of aryl methyl sites for hydroxylation is 1. The second-order valence-electron chi connectivity index (χ2n) is 5.98. The quantitative estimate of drug-likeness (QED) is 0.878. The van der Waals surface area contributed by atoms with Crippen LogP contribution in [0.3, 0.4) is 0 Å². The summed E-state index contributed by atoms with van der Waals surface area (Å²) >= 11 is 0. The minimum Gasteiger partial charge on any atom is -0.444 e. The molecule has 1 N–H and O–H groups in total. The van der Waals surface area contributed by atoms with E-state index in [2.05, 4.69) is 24.4 Å². The Balaban J connectivity index is 0.000000218. The molecule has 1 aliphatic rings. The van der Waals surface area contributed by atoms with Crippen molar-refractivity contribution in [3.05, 3.63) is 35.9 Å². The monoisotopic (exact) mass is 263 g/mol. The standard InChI is InChI=1S/C9H17NO2.C7H8/c1-9(2,3)12-8(11)10-6-7-4-5-7;1-7-5-3-2-4-6-7/h7H,4-6H2,1-3H3,(H,10,11);2-6H,1H3. The normalized spacial score (nSPS) is 14.1. The van der Waals surface area contributed by atoms with Crippen LogP contribution in [0.25, 0.3) is 0 Å². The fraction of sp³-hybridized carbons (Fsp3) is 0.562. The first-order valence-corrected chi connectivity index (χ1v) is 6.85. The zero-order valence-electron chi connectivity index (χ0n) is 12.4. The molecule has 0 saturated heterocycles. The van der Waals surface area contributed by atoms with Gasteiger partial charge in [-0.05, 0) is 46.5 Å². The molecule has 0 aromatic heterocycles. The van der Waals surface area contributed by atoms with Crippen LogP contribution in [0.4, 0.5) is 4.79 Å². The van der Waals surface area contributed by atoms with Crippen LogP contribution in [0.1, 0.15) is 39.2 Å². The number of hydrogen-bond acceptors (Lipinski definition) is 2. The Morgan fingerprint density at radius 3 is 2.21 bits per heavy atom. The molecule has 3 heteroatoms. The van der Waals surface area contributed by atoms with Crippen LogP contribution in [0, 0.1) is 12.8 Å². The fourth-order valence-electron chi connectivity index (χ4n) is 1.40. The van der Waals surface area contributed by atoms with E-state index in [0.717, 1.165) is 6.54 Å². The highest BCUT2D eigenvalue weighted by Gasteiger charge is 2.23. The molecule has 1 amide bonds. The molecule has 0 atom stereocenters. The van der Waals surface area contributed by atoms with Crippen LogP contribution < -0.4 is 5.32 Å². The second-order valence-corrected chi connectivity index (χ2v) is 5.98. The van der Waals surface area contributed by atoms with Crippen LogP contribution in [0.2, 0.25) is 0 Å². The van der Waals surface area contributed by atoms with Gasteiger partial charge in [0, 0.05) is 6.54 Å². The first kappa shape index (κ1) is 15.5. The highest BCUT2D eigenvalue weighted by Crippen LogP contribution is 2.27. The molecule has 19 heavy (non-hydrogen) atoms. The van der Waals surface area contributed by atoms with Crippen molar-refractivity contribution in [3.63, 3.8) is 0 Å². The van der Waals surface area contributed by atoms with E-state index in [1.165, 1.54) is 18.4 Å². The van der Waals surface area contributed by atoms with Gasteiger partial charge in [0.05, 0.1) is 0 Å². The maximum atomic E-state index is 11.1. The third kappa shape index (κ3) is 9.11. The molecule has 0 aliphatic heterocycles. The van der Waals surface area contributed by atoms with Crippen molar-refractivity contribution in [2.24, 2.45) is 5.92 Å². The molecule has 1 fully saturated rings. The number of nitrogens with one attached hydrogen (secondary N) is 1. The van der Waals surface area contributed by atoms with Crippen LogP contribution in [-0.2, 0) is 4.74 Å². The minimum atomic E-state index is -0.381. The average Bonchev–Trinajstić information content (AvgIpc) is 3.10. The number of rotatable bonds is 2. The predicted octanol–water partition coefficient (Wildman–Crippen LogP) is 3.92. The summed E-state index contributed by atoms with van der Waals surface area (Å²) in [5.41, 5.74) is 0.940. The van der Waals surface area contributed by atoms with Gasteiger partial charge in [-0.15, -0.1) is 0 Å². The van der Waals surface area contributed by atoms with Crippen LogP contribution in [-0.4, -0.2) is 18.2 Å². The van der Waals surface area contributed by atoms with Crippen molar-refractivity contribution in [2.45, 2.75) is 46.1 Å². The molecule has 0 bridgehead atoms. The van der Waals surface area contributed by atoms with Gasteiger partial charge in [0.25, 0.3) is 0 Å². The first-order valence-electron chi connectivity index (χ1n) is 6.85. The lowest BCUT2D eigenvalue weighted by Crippen LogP contribution is -2.33. The molecule has 0 spiro atoms. The SMILES string of the molecule is CC(C)(C)OC(=O)NCC1CC1.Cc1ccccc1. The van der Waals surface area contributed by atoms with Crippen molar-refractivity contribution in [3.8, 4) is 0 Å². The Morgan fingerprint density at radius 2 is 1.84 bits per heavy atom. The first-order chi connectivity index (χ1) is 8.87. The van der Waals surface area contributed by atoms with Gasteiger partial charge in [-0.2, -0.15) is 0 Å². The molecular formula is C16H25NO2. The van der Waals surface area contributed by atoms with E-state index in [9.17, 15) is 4.79 Å². The third-order valence-corrected chi connectivity index (χ3v) is 2.57. The molecule has 106 valence electrons. The number of benzene rings is 1. The van der Waals surface area contributed by atoms with E-state index in [4.69, 9.17) is 4.74 Å². The summed E-state index contributed by atoms with van der Waals surface area (Å²) in [4.78, 5) is 11.1. The molecule has 1 aromatic rings. The van der Waals surface area contributed by atoms with E-state index in [1.807, 2.05) is 39.0 Å². The number of amides is 1. The number of alkyl carbamates (subject to hydrolysis) is 1. The number of ether oxygens (including phenoxy) is 1. The summed E-state index contributed by atoms with van der Waals surface area (Å²) in [6.07, 6.45) is 2.19. The largest absolute Gasteiger partial charge is 0.444 e. The molecule has 0 heterocycles. The smallest absolute Gasteiger partial charge is 0.407 e. The lowest BCUT2D eigenvalue weighted by molar-refractivity contribution is 0.0525. The lowest BCUT2D eigenvalue weighted by Gasteiger charge is -2.19. The van der Waals surface area contributed by atoms with Gasteiger partial charge in [0.2, 0.25) is 0 Å². The Kier molecular flexibility index (Phi) is 5.87. The van der Waals surface area contributed by atoms with E-state index in [0.29, 0.717) is 5.92 Å². The molecule has 3 nitrogen and oxygen atoms in total. The highest BCUT2D eigenvalue weighted by atomic mass is 16.6. The molecule has 1 saturated carbocycles. The van der Waals surface area contributed by atoms with E-state index >= 15 is 0 Å². The molecule has 2 rings (SSSR count). The number of hydrogen-bond donors (Lipinski definition) is 1. The molecule has 1 aromatic carbocycles. The summed E-state index contributed by atoms with van der Waals surface area (Å²) in [6.45, 7) is 8.45. The molecule has 0 unspecified atom stereocenters. The highest BCUT2D eigenvalue weighted by molar-refractivity contribution is 5.67. The second kappa shape index (κ2) is 7.17. The molecule has 1 aliphatic carbocycles. The third-order valence-electron chi connectivity index (χ3n) is 2.57. The predicted molar refractivity (Wildman–Crippen MR) is 78.1 cm³/mol. The van der Waals surface area contributed by atoms with Crippen molar-refractivity contribution in [1.29, 1.82) is 0 Å². The van der Waals surface area contributed by atoms with Gasteiger partial charge in [-0.25, -0.2) is 4.79 Å². The summed E-state index contributed by atoms with van der Waals surface area (Å²) in [7, 11) is 0. The number of carbonyl (C=O) groups excluding carboxylic acids is 1. The fourth-order valence-corrected chi connectivity index (χ4v) is 1.40. The van der Waals surface area contributed by atoms with Gasteiger partial charge >= 0.3 is 6.09 Å². The van der Waals surface area contributed by atoms with Gasteiger partial charge in [-0.3, -0.25) is 0 Å². The summed E-state index contributed by atoms with van der Waals surface area (Å²) < 4.78 is 5.07. The zero-order chi connectivity index (χ0) is 14.3. The summed E-state index contributed by atoms with van der Waals surface area (Å²) in [5, 5.41) is 2.74. The van der Waals surface area contributed by atoms with Gasteiger partial charge in [0.1, 0.15) is 5.60 Å². The Bertz CT molecular complexity index is 377. The van der Waals surface area contributed by atoms with E-state index in [1.54, 1.807) is 0 Å². The molecule has 0 radical (unpaired) electrons. The Morgan fingerprint density at radius 1 is 1.26 bits per heavy atom. The maximum Gasteiger partial charge on any atom is 0.407 e. The maximum absolute atomic E-state index is 11.1. The van der Waals surface area contributed by atoms with Crippen molar-refractivity contribution >= 4 is 6.09 Å². The van der Waals surface area contributed by atoms with Crippen molar-refractivity contribution < 1.29 is 9.53 Å². The Labute approximate surface area is 116 Å². The lowest BCUT2D eigenvalue weighted by atomic mass is 10.2. The van der Waals surface area contributed by atoms with Gasteiger partial charge < -0.3 is 10.1 Å². The topological polar surface area (TPSA) is 38.3 Å². The number of carbonyl (C=O) groups is 1. The van der Waals surface area contributed by atoms with Crippen LogP contribution in [0.15, 0.2) is 30.3 Å². The van der Waals surface area contributed by atoms with Gasteiger partial charge in [-0.1, -0.05) is 35.9 Å². The van der Waals surface area contributed by atoms with Crippen molar-refractivity contribution in [1.82, 2.24) is 5.32 Å².